The lowest BCUT2D eigenvalue weighted by molar-refractivity contribution is 0.0700. The molecule has 0 unspecified atom stereocenters. The van der Waals surface area contributed by atoms with Crippen LogP contribution in [0.4, 0.5) is 10.1 Å². The second-order valence-electron chi connectivity index (χ2n) is 6.34. The summed E-state index contributed by atoms with van der Waals surface area (Å²) in [5.74, 6) is -0.731. The highest BCUT2D eigenvalue weighted by atomic mass is 19.1. The van der Waals surface area contributed by atoms with Gasteiger partial charge in [-0.2, -0.15) is 0 Å². The summed E-state index contributed by atoms with van der Waals surface area (Å²) >= 11 is 0. The van der Waals surface area contributed by atoms with Gasteiger partial charge in [-0.15, -0.1) is 0 Å². The van der Waals surface area contributed by atoms with Crippen LogP contribution in [0.3, 0.4) is 0 Å². The summed E-state index contributed by atoms with van der Waals surface area (Å²) in [7, 11) is 0. The minimum absolute atomic E-state index is 0.345. The summed E-state index contributed by atoms with van der Waals surface area (Å²) < 4.78 is 12.9. The van der Waals surface area contributed by atoms with E-state index in [1.165, 1.54) is 30.0 Å². The Morgan fingerprint density at radius 2 is 1.64 bits per heavy atom. The normalized spacial score (nSPS) is 16.6. The second kappa shape index (κ2) is 8.23. The average Bonchev–Trinajstić information content (AvgIpc) is 2.67. The fourth-order valence-electron chi connectivity index (χ4n) is 3.11. The Kier molecular flexibility index (Phi) is 5.79. The van der Waals surface area contributed by atoms with Crippen molar-refractivity contribution in [2.75, 3.05) is 37.6 Å². The van der Waals surface area contributed by atoms with Gasteiger partial charge in [-0.3, -0.25) is 9.69 Å². The Balaban J connectivity index is 1.45. The summed E-state index contributed by atoms with van der Waals surface area (Å²) in [4.78, 5) is 16.8. The van der Waals surface area contributed by atoms with Crippen molar-refractivity contribution in [3.8, 4) is 0 Å². The van der Waals surface area contributed by atoms with E-state index in [-0.39, 0.29) is 11.6 Å². The molecule has 1 N–H and O–H groups in total. The van der Waals surface area contributed by atoms with Crippen LogP contribution in [0.5, 0.6) is 0 Å². The van der Waals surface area contributed by atoms with Crippen molar-refractivity contribution in [1.29, 1.82) is 0 Å². The number of benzene rings is 2. The first kappa shape index (κ1) is 17.6. The third-order valence-corrected chi connectivity index (χ3v) is 4.64. The van der Waals surface area contributed by atoms with E-state index >= 15 is 0 Å². The molecule has 1 fully saturated rings. The second-order valence-corrected chi connectivity index (χ2v) is 6.34. The first-order valence-electron chi connectivity index (χ1n) is 8.64. The van der Waals surface area contributed by atoms with Gasteiger partial charge in [-0.05, 0) is 42.8 Å². The quantitative estimate of drug-likeness (QED) is 0.820. The minimum Gasteiger partial charge on any atom is -0.385 e. The van der Waals surface area contributed by atoms with Crippen LogP contribution >= 0.6 is 0 Å². The number of nitrogens with zero attached hydrogens (tertiary/aromatic N) is 2. The first-order chi connectivity index (χ1) is 12.1. The van der Waals surface area contributed by atoms with Crippen LogP contribution < -0.4 is 4.90 Å². The van der Waals surface area contributed by atoms with Crippen molar-refractivity contribution >= 4 is 11.5 Å². The van der Waals surface area contributed by atoms with E-state index in [0.29, 0.717) is 18.5 Å². The van der Waals surface area contributed by atoms with Crippen molar-refractivity contribution in [2.45, 2.75) is 12.5 Å². The molecular formula is C20H23FN2O2. The number of halogens is 1. The predicted molar refractivity (Wildman–Crippen MR) is 96.4 cm³/mol. The van der Waals surface area contributed by atoms with Gasteiger partial charge >= 0.3 is 0 Å². The molecule has 5 heteroatoms. The number of carbonyl (C=O) groups excluding carboxylic acids is 1. The zero-order valence-corrected chi connectivity index (χ0v) is 14.1. The van der Waals surface area contributed by atoms with Crippen molar-refractivity contribution < 1.29 is 14.3 Å². The van der Waals surface area contributed by atoms with E-state index in [1.54, 1.807) is 0 Å². The molecule has 3 rings (SSSR count). The number of para-hydroxylation sites is 1. The third kappa shape index (κ3) is 4.65. The van der Waals surface area contributed by atoms with Crippen molar-refractivity contribution in [3.63, 3.8) is 0 Å². The Labute approximate surface area is 147 Å². The molecule has 1 aliphatic rings. The number of hydrogen-bond donors (Lipinski definition) is 1. The van der Waals surface area contributed by atoms with Gasteiger partial charge < -0.3 is 10.0 Å². The number of rotatable bonds is 6. The lowest BCUT2D eigenvalue weighted by Crippen LogP contribution is -2.47. The van der Waals surface area contributed by atoms with E-state index < -0.39 is 6.10 Å². The van der Waals surface area contributed by atoms with E-state index in [1.807, 2.05) is 18.2 Å². The number of aliphatic hydroxyl groups excluding tert-OH is 1. The summed E-state index contributed by atoms with van der Waals surface area (Å²) in [6, 6.07) is 15.6. The number of piperazine rings is 1. The molecule has 0 aromatic heterocycles. The predicted octanol–water partition coefficient (Wildman–Crippen LogP) is 2.58. The molecule has 1 saturated heterocycles. The molecule has 25 heavy (non-hydrogen) atoms. The number of Topliss-reactive ketones (excluding diaryl/α,β-unsaturated/α-hetero) is 1. The Bertz CT molecular complexity index is 683. The average molecular weight is 342 g/mol. The minimum atomic E-state index is -1.04. The molecule has 1 atom stereocenters. The third-order valence-electron chi connectivity index (χ3n) is 4.64. The maximum atomic E-state index is 12.9. The molecule has 0 aliphatic carbocycles. The fourth-order valence-corrected chi connectivity index (χ4v) is 3.11. The largest absolute Gasteiger partial charge is 0.385 e. The van der Waals surface area contributed by atoms with Crippen LogP contribution in [0.1, 0.15) is 16.8 Å². The van der Waals surface area contributed by atoms with Crippen molar-refractivity contribution in [3.05, 3.63) is 66.0 Å². The van der Waals surface area contributed by atoms with Crippen LogP contribution in [0.2, 0.25) is 0 Å². The van der Waals surface area contributed by atoms with Gasteiger partial charge in [0, 0.05) is 44.0 Å². The lowest BCUT2D eigenvalue weighted by Gasteiger charge is -2.36. The first-order valence-corrected chi connectivity index (χ1v) is 8.64. The molecule has 0 bridgehead atoms. The zero-order valence-electron chi connectivity index (χ0n) is 14.1. The maximum absolute atomic E-state index is 12.9. The highest BCUT2D eigenvalue weighted by molar-refractivity contribution is 5.99. The number of ketones is 1. The van der Waals surface area contributed by atoms with Crippen LogP contribution in [-0.4, -0.2) is 54.6 Å². The van der Waals surface area contributed by atoms with Crippen LogP contribution in [0.25, 0.3) is 0 Å². The van der Waals surface area contributed by atoms with E-state index in [4.69, 9.17) is 0 Å². The SMILES string of the molecule is O=C(c1ccc(F)cc1)[C@@H](O)CCN1CCN(c2ccccc2)CC1. The number of hydrogen-bond acceptors (Lipinski definition) is 4. The molecule has 1 heterocycles. The Morgan fingerprint density at radius 1 is 1.00 bits per heavy atom. The molecule has 132 valence electrons. The Hall–Kier alpha value is -2.24. The van der Waals surface area contributed by atoms with Gasteiger partial charge in [0.25, 0.3) is 0 Å². The number of carbonyl (C=O) groups is 1. The topological polar surface area (TPSA) is 43.8 Å². The molecule has 4 nitrogen and oxygen atoms in total. The summed E-state index contributed by atoms with van der Waals surface area (Å²) in [6.07, 6.45) is -0.653. The van der Waals surface area contributed by atoms with Gasteiger partial charge in [-0.1, -0.05) is 18.2 Å². The molecule has 0 saturated carbocycles. The number of aliphatic hydroxyl groups is 1. The lowest BCUT2D eigenvalue weighted by atomic mass is 10.0. The summed E-state index contributed by atoms with van der Waals surface area (Å²) in [5, 5.41) is 10.1. The van der Waals surface area contributed by atoms with Gasteiger partial charge in [-0.25, -0.2) is 4.39 Å². The molecule has 2 aromatic carbocycles. The molecule has 1 aliphatic heterocycles. The highest BCUT2D eigenvalue weighted by Crippen LogP contribution is 2.16. The standard InChI is InChI=1S/C20H23FN2O2/c21-17-8-6-16(7-9-17)20(25)19(24)10-11-22-12-14-23(15-13-22)18-4-2-1-3-5-18/h1-9,19,24H,10-15H2/t19-/m0/s1. The van der Waals surface area contributed by atoms with E-state index in [9.17, 15) is 14.3 Å². The Morgan fingerprint density at radius 3 is 2.28 bits per heavy atom. The van der Waals surface area contributed by atoms with Crippen molar-refractivity contribution in [1.82, 2.24) is 4.90 Å². The number of anilines is 1. The maximum Gasteiger partial charge on any atom is 0.191 e. The van der Waals surface area contributed by atoms with Crippen LogP contribution in [-0.2, 0) is 0 Å². The molecule has 0 spiro atoms. The monoisotopic (exact) mass is 342 g/mol. The molecule has 0 radical (unpaired) electrons. The summed E-state index contributed by atoms with van der Waals surface area (Å²) in [6.45, 7) is 4.37. The smallest absolute Gasteiger partial charge is 0.191 e. The fraction of sp³-hybridized carbons (Fsp3) is 0.350. The highest BCUT2D eigenvalue weighted by Gasteiger charge is 2.21. The molecule has 0 amide bonds. The van der Waals surface area contributed by atoms with Gasteiger partial charge in [0.1, 0.15) is 11.9 Å². The van der Waals surface area contributed by atoms with E-state index in [2.05, 4.69) is 21.9 Å². The molecular weight excluding hydrogens is 319 g/mol. The van der Waals surface area contributed by atoms with Gasteiger partial charge in [0.05, 0.1) is 0 Å². The zero-order chi connectivity index (χ0) is 17.6. The van der Waals surface area contributed by atoms with Gasteiger partial charge in [0.2, 0.25) is 0 Å². The van der Waals surface area contributed by atoms with Crippen LogP contribution in [0.15, 0.2) is 54.6 Å². The van der Waals surface area contributed by atoms with Gasteiger partial charge in [0.15, 0.2) is 5.78 Å². The summed E-state index contributed by atoms with van der Waals surface area (Å²) in [5.41, 5.74) is 1.58. The van der Waals surface area contributed by atoms with Crippen molar-refractivity contribution in [2.24, 2.45) is 0 Å². The van der Waals surface area contributed by atoms with Crippen LogP contribution in [0, 0.1) is 5.82 Å². The molecule has 2 aromatic rings. The van der Waals surface area contributed by atoms with E-state index in [0.717, 1.165) is 26.2 Å².